The number of hydrogen-bond donors (Lipinski definition) is 1. The van der Waals surface area contributed by atoms with Gasteiger partial charge in [-0.2, -0.15) is 0 Å². The van der Waals surface area contributed by atoms with Gasteiger partial charge in [-0.05, 0) is 44.4 Å². The largest absolute Gasteiger partial charge is 0.314 e. The molecular formula is C14H19ClN2. The van der Waals surface area contributed by atoms with Crippen molar-refractivity contribution in [1.82, 2.24) is 10.3 Å². The number of piperidine rings is 1. The van der Waals surface area contributed by atoms with Gasteiger partial charge in [-0.3, -0.25) is 4.98 Å². The van der Waals surface area contributed by atoms with Crippen LogP contribution in [0.15, 0.2) is 24.0 Å². The van der Waals surface area contributed by atoms with E-state index in [9.17, 15) is 0 Å². The van der Waals surface area contributed by atoms with Gasteiger partial charge < -0.3 is 5.32 Å². The molecule has 0 saturated carbocycles. The molecule has 1 unspecified atom stereocenters. The van der Waals surface area contributed by atoms with Crippen molar-refractivity contribution < 1.29 is 0 Å². The molecule has 0 aromatic carbocycles. The predicted octanol–water partition coefficient (Wildman–Crippen LogP) is 3.67. The molecule has 17 heavy (non-hydrogen) atoms. The van der Waals surface area contributed by atoms with Crippen molar-refractivity contribution in [3.63, 3.8) is 0 Å². The maximum absolute atomic E-state index is 6.09. The minimum absolute atomic E-state index is 0.639. The van der Waals surface area contributed by atoms with Gasteiger partial charge in [-0.25, -0.2) is 0 Å². The lowest BCUT2D eigenvalue weighted by Gasteiger charge is -2.23. The zero-order valence-corrected chi connectivity index (χ0v) is 11.0. The van der Waals surface area contributed by atoms with Crippen molar-refractivity contribution in [2.45, 2.75) is 38.6 Å². The van der Waals surface area contributed by atoms with Crippen LogP contribution < -0.4 is 5.32 Å². The summed E-state index contributed by atoms with van der Waals surface area (Å²) in [5.74, 6) is 0. The molecule has 1 N–H and O–H groups in total. The second-order valence-corrected chi connectivity index (χ2v) is 5.15. The minimum atomic E-state index is 0.639. The monoisotopic (exact) mass is 250 g/mol. The molecule has 1 fully saturated rings. The lowest BCUT2D eigenvalue weighted by atomic mass is 9.97. The Labute approximate surface area is 108 Å². The van der Waals surface area contributed by atoms with Crippen LogP contribution in [0.2, 0.25) is 5.02 Å². The standard InChI is InChI=1S/C14H19ClN2/c1-11(9-13-4-2-3-6-17-13)8-12-5-7-16-10-14(12)15/h5,7-8,10,13,17H,2-4,6,9H2,1H3/b11-8-. The van der Waals surface area contributed by atoms with Gasteiger partial charge in [0.1, 0.15) is 0 Å². The van der Waals surface area contributed by atoms with Gasteiger partial charge in [0.15, 0.2) is 0 Å². The van der Waals surface area contributed by atoms with Crippen LogP contribution in [0.3, 0.4) is 0 Å². The summed E-state index contributed by atoms with van der Waals surface area (Å²) in [7, 11) is 0. The Hall–Kier alpha value is -0.860. The summed E-state index contributed by atoms with van der Waals surface area (Å²) in [6, 6.07) is 2.60. The molecule has 0 bridgehead atoms. The number of halogens is 1. The Balaban J connectivity index is 1.99. The summed E-state index contributed by atoms with van der Waals surface area (Å²) in [5.41, 5.74) is 2.44. The quantitative estimate of drug-likeness (QED) is 0.886. The summed E-state index contributed by atoms with van der Waals surface area (Å²) >= 11 is 6.09. The first-order valence-corrected chi connectivity index (χ1v) is 6.63. The Morgan fingerprint density at radius 2 is 2.47 bits per heavy atom. The van der Waals surface area contributed by atoms with Crippen molar-refractivity contribution in [2.75, 3.05) is 6.54 Å². The third-order valence-electron chi connectivity index (χ3n) is 3.19. The minimum Gasteiger partial charge on any atom is -0.314 e. The molecule has 1 aromatic rings. The van der Waals surface area contributed by atoms with E-state index in [0.717, 1.165) is 23.6 Å². The van der Waals surface area contributed by atoms with Gasteiger partial charge in [-0.15, -0.1) is 0 Å². The molecule has 1 saturated heterocycles. The second-order valence-electron chi connectivity index (χ2n) is 4.74. The highest BCUT2D eigenvalue weighted by Crippen LogP contribution is 2.20. The predicted molar refractivity (Wildman–Crippen MR) is 73.2 cm³/mol. The molecule has 2 heterocycles. The van der Waals surface area contributed by atoms with Crippen molar-refractivity contribution in [2.24, 2.45) is 0 Å². The lowest BCUT2D eigenvalue weighted by Crippen LogP contribution is -2.33. The summed E-state index contributed by atoms with van der Waals surface area (Å²) in [4.78, 5) is 3.99. The Kier molecular flexibility index (Phi) is 4.57. The Morgan fingerprint density at radius 1 is 1.59 bits per heavy atom. The normalized spacial score (nSPS) is 21.5. The molecule has 0 spiro atoms. The molecule has 1 atom stereocenters. The van der Waals surface area contributed by atoms with Gasteiger partial charge in [0.05, 0.1) is 5.02 Å². The smallest absolute Gasteiger partial charge is 0.0661 e. The first-order chi connectivity index (χ1) is 8.25. The van der Waals surface area contributed by atoms with Gasteiger partial charge in [0.2, 0.25) is 0 Å². The molecule has 0 amide bonds. The van der Waals surface area contributed by atoms with Gasteiger partial charge >= 0.3 is 0 Å². The van der Waals surface area contributed by atoms with E-state index < -0.39 is 0 Å². The highest BCUT2D eigenvalue weighted by atomic mass is 35.5. The number of rotatable bonds is 3. The summed E-state index contributed by atoms with van der Waals surface area (Å²) in [5, 5.41) is 4.29. The number of nitrogens with zero attached hydrogens (tertiary/aromatic N) is 1. The van der Waals surface area contributed by atoms with E-state index in [1.165, 1.54) is 24.8 Å². The van der Waals surface area contributed by atoms with Crippen molar-refractivity contribution in [3.8, 4) is 0 Å². The van der Waals surface area contributed by atoms with E-state index in [-0.39, 0.29) is 0 Å². The van der Waals surface area contributed by atoms with Gasteiger partial charge in [0, 0.05) is 18.4 Å². The average molecular weight is 251 g/mol. The van der Waals surface area contributed by atoms with Crippen LogP contribution in [0.4, 0.5) is 0 Å². The van der Waals surface area contributed by atoms with E-state index >= 15 is 0 Å². The Morgan fingerprint density at radius 3 is 3.18 bits per heavy atom. The second kappa shape index (κ2) is 6.18. The van der Waals surface area contributed by atoms with Crippen molar-refractivity contribution >= 4 is 17.7 Å². The summed E-state index contributed by atoms with van der Waals surface area (Å²) in [6.45, 7) is 3.33. The zero-order chi connectivity index (χ0) is 12.1. The van der Waals surface area contributed by atoms with E-state index in [1.807, 2.05) is 6.07 Å². The van der Waals surface area contributed by atoms with Crippen LogP contribution in [-0.2, 0) is 0 Å². The molecule has 0 radical (unpaired) electrons. The third-order valence-corrected chi connectivity index (χ3v) is 3.50. The molecule has 2 nitrogen and oxygen atoms in total. The maximum Gasteiger partial charge on any atom is 0.0661 e. The van der Waals surface area contributed by atoms with Crippen LogP contribution >= 0.6 is 11.6 Å². The van der Waals surface area contributed by atoms with Crippen LogP contribution in [0, 0.1) is 0 Å². The van der Waals surface area contributed by atoms with Crippen LogP contribution in [0.25, 0.3) is 6.08 Å². The van der Waals surface area contributed by atoms with Crippen molar-refractivity contribution in [1.29, 1.82) is 0 Å². The molecule has 0 aliphatic carbocycles. The number of pyridine rings is 1. The van der Waals surface area contributed by atoms with Gasteiger partial charge in [-0.1, -0.05) is 29.7 Å². The molecule has 1 aliphatic rings. The topological polar surface area (TPSA) is 24.9 Å². The highest BCUT2D eigenvalue weighted by Gasteiger charge is 2.12. The van der Waals surface area contributed by atoms with Crippen LogP contribution in [0.5, 0.6) is 0 Å². The number of nitrogens with one attached hydrogen (secondary N) is 1. The Bertz CT molecular complexity index is 395. The maximum atomic E-state index is 6.09. The first-order valence-electron chi connectivity index (χ1n) is 6.26. The molecule has 92 valence electrons. The fourth-order valence-corrected chi connectivity index (χ4v) is 2.49. The molecule has 1 aromatic heterocycles. The highest BCUT2D eigenvalue weighted by molar-refractivity contribution is 6.31. The van der Waals surface area contributed by atoms with Crippen LogP contribution in [0.1, 0.15) is 38.2 Å². The van der Waals surface area contributed by atoms with E-state index in [0.29, 0.717) is 6.04 Å². The molecule has 1 aliphatic heterocycles. The lowest BCUT2D eigenvalue weighted by molar-refractivity contribution is 0.399. The zero-order valence-electron chi connectivity index (χ0n) is 10.2. The average Bonchev–Trinajstić information content (AvgIpc) is 2.33. The SMILES string of the molecule is C/C(=C/c1ccncc1Cl)CC1CCCCN1. The number of aromatic nitrogens is 1. The van der Waals surface area contributed by atoms with Crippen LogP contribution in [-0.4, -0.2) is 17.6 Å². The third kappa shape index (κ3) is 3.83. The fourth-order valence-electron chi connectivity index (χ4n) is 2.31. The molecule has 3 heteroatoms. The van der Waals surface area contributed by atoms with E-state index in [2.05, 4.69) is 23.3 Å². The van der Waals surface area contributed by atoms with Crippen molar-refractivity contribution in [3.05, 3.63) is 34.6 Å². The fraction of sp³-hybridized carbons (Fsp3) is 0.500. The van der Waals surface area contributed by atoms with Gasteiger partial charge in [0.25, 0.3) is 0 Å². The van der Waals surface area contributed by atoms with E-state index in [1.54, 1.807) is 12.4 Å². The summed E-state index contributed by atoms with van der Waals surface area (Å²) < 4.78 is 0. The van der Waals surface area contributed by atoms with E-state index in [4.69, 9.17) is 11.6 Å². The molecular weight excluding hydrogens is 232 g/mol. The first kappa shape index (κ1) is 12.6. The molecule has 2 rings (SSSR count). The number of hydrogen-bond acceptors (Lipinski definition) is 2. The summed E-state index contributed by atoms with van der Waals surface area (Å²) in [6.07, 6.45) is 10.7.